The maximum absolute atomic E-state index is 4.44. The van der Waals surface area contributed by atoms with Gasteiger partial charge in [0.2, 0.25) is 5.95 Å². The molecule has 0 aliphatic carbocycles. The summed E-state index contributed by atoms with van der Waals surface area (Å²) in [6, 6.07) is 7.97. The van der Waals surface area contributed by atoms with Crippen LogP contribution in [0.2, 0.25) is 0 Å². The molecule has 1 aromatic heterocycles. The molecule has 0 atom stereocenters. The molecule has 0 amide bonds. The number of nitrogens with one attached hydrogen (secondary N) is 1. The fourth-order valence-electron chi connectivity index (χ4n) is 1.37. The fraction of sp³-hybridized carbons (Fsp3) is 0.333. The third-order valence-electron chi connectivity index (χ3n) is 1.98. The third-order valence-corrected chi connectivity index (χ3v) is 1.98. The van der Waals surface area contributed by atoms with Gasteiger partial charge in [-0.2, -0.15) is 0 Å². The molecule has 2 aromatic rings. The Bertz CT molecular complexity index is 471. The smallest absolute Gasteiger partial charge is 0.223 e. The zero-order valence-corrected chi connectivity index (χ0v) is 9.28. The van der Waals surface area contributed by atoms with Crippen LogP contribution in [0.5, 0.6) is 0 Å². The zero-order chi connectivity index (χ0) is 10.9. The largest absolute Gasteiger partial charge is 0.350 e. The summed E-state index contributed by atoms with van der Waals surface area (Å²) in [6.07, 6.45) is 1.84. The van der Waals surface area contributed by atoms with E-state index in [-0.39, 0.29) is 5.54 Å². The fourth-order valence-corrected chi connectivity index (χ4v) is 1.37. The van der Waals surface area contributed by atoms with Crippen molar-refractivity contribution in [1.29, 1.82) is 0 Å². The molecular weight excluding hydrogens is 186 g/mol. The molecule has 3 heteroatoms. The highest BCUT2D eigenvalue weighted by Gasteiger charge is 2.10. The van der Waals surface area contributed by atoms with Crippen LogP contribution in [-0.4, -0.2) is 15.5 Å². The Balaban J connectivity index is 2.39. The highest BCUT2D eigenvalue weighted by molar-refractivity contribution is 5.78. The first-order valence-electron chi connectivity index (χ1n) is 5.05. The van der Waals surface area contributed by atoms with Crippen LogP contribution in [0.3, 0.4) is 0 Å². The van der Waals surface area contributed by atoms with E-state index >= 15 is 0 Å². The van der Waals surface area contributed by atoms with Crippen LogP contribution in [0.25, 0.3) is 10.9 Å². The lowest BCUT2D eigenvalue weighted by atomic mass is 10.1. The lowest BCUT2D eigenvalue weighted by molar-refractivity contribution is 0.626. The molecule has 0 radical (unpaired) electrons. The highest BCUT2D eigenvalue weighted by Crippen LogP contribution is 2.14. The number of fused-ring (bicyclic) bond motifs is 1. The van der Waals surface area contributed by atoms with Crippen LogP contribution in [0.1, 0.15) is 20.8 Å². The quantitative estimate of drug-likeness (QED) is 0.771. The van der Waals surface area contributed by atoms with E-state index in [0.29, 0.717) is 5.95 Å². The minimum atomic E-state index is -0.0115. The number of rotatable bonds is 1. The summed E-state index contributed by atoms with van der Waals surface area (Å²) in [4.78, 5) is 8.71. The van der Waals surface area contributed by atoms with Crippen molar-refractivity contribution in [3.8, 4) is 0 Å². The first-order chi connectivity index (χ1) is 7.04. The molecule has 0 saturated carbocycles. The predicted molar refractivity (Wildman–Crippen MR) is 62.9 cm³/mol. The van der Waals surface area contributed by atoms with Crippen LogP contribution in [0, 0.1) is 0 Å². The van der Waals surface area contributed by atoms with E-state index in [0.717, 1.165) is 10.9 Å². The second-order valence-electron chi connectivity index (χ2n) is 4.63. The van der Waals surface area contributed by atoms with E-state index in [1.807, 2.05) is 30.5 Å². The lowest BCUT2D eigenvalue weighted by Gasteiger charge is -2.20. The third kappa shape index (κ3) is 2.43. The first kappa shape index (κ1) is 9.90. The van der Waals surface area contributed by atoms with Crippen molar-refractivity contribution in [2.45, 2.75) is 26.3 Å². The summed E-state index contributed by atoms with van der Waals surface area (Å²) in [6.45, 7) is 6.27. The van der Waals surface area contributed by atoms with Gasteiger partial charge in [-0.3, -0.25) is 0 Å². The molecule has 0 aliphatic heterocycles. The van der Waals surface area contributed by atoms with Gasteiger partial charge >= 0.3 is 0 Å². The van der Waals surface area contributed by atoms with Gasteiger partial charge in [-0.1, -0.05) is 18.2 Å². The summed E-state index contributed by atoms with van der Waals surface area (Å²) in [7, 11) is 0. The van der Waals surface area contributed by atoms with E-state index in [1.165, 1.54) is 0 Å². The van der Waals surface area contributed by atoms with Crippen LogP contribution >= 0.6 is 0 Å². The van der Waals surface area contributed by atoms with Crippen molar-refractivity contribution in [3.63, 3.8) is 0 Å². The van der Waals surface area contributed by atoms with E-state index < -0.39 is 0 Å². The van der Waals surface area contributed by atoms with Crippen molar-refractivity contribution in [2.75, 3.05) is 5.32 Å². The Morgan fingerprint density at radius 2 is 1.87 bits per heavy atom. The maximum atomic E-state index is 4.44. The Morgan fingerprint density at radius 3 is 2.60 bits per heavy atom. The minimum Gasteiger partial charge on any atom is -0.350 e. The number of aromatic nitrogens is 2. The van der Waals surface area contributed by atoms with Crippen molar-refractivity contribution in [3.05, 3.63) is 30.5 Å². The molecule has 78 valence electrons. The van der Waals surface area contributed by atoms with E-state index in [4.69, 9.17) is 0 Å². The number of para-hydroxylation sites is 1. The Kier molecular flexibility index (Phi) is 2.31. The molecule has 0 unspecified atom stereocenters. The molecule has 0 fully saturated rings. The molecule has 3 nitrogen and oxygen atoms in total. The average Bonchev–Trinajstić information content (AvgIpc) is 2.15. The Morgan fingerprint density at radius 1 is 1.13 bits per heavy atom. The topological polar surface area (TPSA) is 37.8 Å². The van der Waals surface area contributed by atoms with Gasteiger partial charge in [0.1, 0.15) is 0 Å². The second-order valence-corrected chi connectivity index (χ2v) is 4.63. The Hall–Kier alpha value is -1.64. The number of anilines is 1. The summed E-state index contributed by atoms with van der Waals surface area (Å²) >= 11 is 0. The summed E-state index contributed by atoms with van der Waals surface area (Å²) in [5, 5.41) is 4.32. The standard InChI is InChI=1S/C12H15N3/c1-12(2,3)15-11-13-8-9-6-4-5-7-10(9)14-11/h4-8H,1-3H3,(H,13,14,15). The average molecular weight is 201 g/mol. The van der Waals surface area contributed by atoms with Crippen LogP contribution in [-0.2, 0) is 0 Å². The summed E-state index contributed by atoms with van der Waals surface area (Å²) in [5.41, 5.74) is 0.960. The SMILES string of the molecule is CC(C)(C)Nc1ncc2ccccc2n1. The van der Waals surface area contributed by atoms with Crippen molar-refractivity contribution >= 4 is 16.9 Å². The molecular formula is C12H15N3. The van der Waals surface area contributed by atoms with Gasteiger partial charge < -0.3 is 5.32 Å². The van der Waals surface area contributed by atoms with Crippen LogP contribution in [0.15, 0.2) is 30.5 Å². The maximum Gasteiger partial charge on any atom is 0.223 e. The van der Waals surface area contributed by atoms with Crippen LogP contribution in [0.4, 0.5) is 5.95 Å². The van der Waals surface area contributed by atoms with Gasteiger partial charge in [-0.25, -0.2) is 9.97 Å². The highest BCUT2D eigenvalue weighted by atomic mass is 15.1. The monoisotopic (exact) mass is 201 g/mol. The molecule has 1 N–H and O–H groups in total. The first-order valence-corrected chi connectivity index (χ1v) is 5.05. The van der Waals surface area contributed by atoms with Gasteiger partial charge in [0.25, 0.3) is 0 Å². The number of benzene rings is 1. The molecule has 2 rings (SSSR count). The van der Waals surface area contributed by atoms with E-state index in [9.17, 15) is 0 Å². The van der Waals surface area contributed by atoms with Gasteiger partial charge in [-0.05, 0) is 26.8 Å². The van der Waals surface area contributed by atoms with Crippen molar-refractivity contribution < 1.29 is 0 Å². The Labute approximate surface area is 89.6 Å². The van der Waals surface area contributed by atoms with Gasteiger partial charge in [0, 0.05) is 17.1 Å². The summed E-state index contributed by atoms with van der Waals surface area (Å²) < 4.78 is 0. The molecule has 0 saturated heterocycles. The normalized spacial score (nSPS) is 11.7. The number of hydrogen-bond donors (Lipinski definition) is 1. The van der Waals surface area contributed by atoms with Gasteiger partial charge in [0.05, 0.1) is 5.52 Å². The molecule has 1 aromatic carbocycles. The molecule has 0 bridgehead atoms. The minimum absolute atomic E-state index is 0.0115. The predicted octanol–water partition coefficient (Wildman–Crippen LogP) is 2.84. The van der Waals surface area contributed by atoms with Gasteiger partial charge in [0.15, 0.2) is 0 Å². The molecule has 0 aliphatic rings. The number of hydrogen-bond acceptors (Lipinski definition) is 3. The van der Waals surface area contributed by atoms with Crippen molar-refractivity contribution in [2.24, 2.45) is 0 Å². The summed E-state index contributed by atoms with van der Waals surface area (Å²) in [5.74, 6) is 0.682. The van der Waals surface area contributed by atoms with E-state index in [2.05, 4.69) is 36.1 Å². The van der Waals surface area contributed by atoms with E-state index in [1.54, 1.807) is 0 Å². The van der Waals surface area contributed by atoms with Gasteiger partial charge in [-0.15, -0.1) is 0 Å². The molecule has 15 heavy (non-hydrogen) atoms. The molecule has 1 heterocycles. The van der Waals surface area contributed by atoms with Crippen molar-refractivity contribution in [1.82, 2.24) is 9.97 Å². The van der Waals surface area contributed by atoms with Crippen LogP contribution < -0.4 is 5.32 Å². The lowest BCUT2D eigenvalue weighted by Crippen LogP contribution is -2.27. The zero-order valence-electron chi connectivity index (χ0n) is 9.28. The molecule has 0 spiro atoms. The second kappa shape index (κ2) is 3.50. The number of nitrogens with zero attached hydrogens (tertiary/aromatic N) is 2.